The molecule has 1 atom stereocenters. The molecule has 1 heterocycles. The van der Waals surface area contributed by atoms with Crippen LogP contribution in [-0.2, 0) is 4.74 Å². The van der Waals surface area contributed by atoms with Gasteiger partial charge in [-0.05, 0) is 31.4 Å². The van der Waals surface area contributed by atoms with Crippen molar-refractivity contribution >= 4 is 5.91 Å². The zero-order valence-electron chi connectivity index (χ0n) is 8.61. The van der Waals surface area contributed by atoms with Crippen LogP contribution in [0, 0.1) is 0 Å². The maximum atomic E-state index is 11.7. The molecule has 3 heteroatoms. The van der Waals surface area contributed by atoms with E-state index in [4.69, 9.17) is 4.74 Å². The fourth-order valence-corrected chi connectivity index (χ4v) is 1.67. The van der Waals surface area contributed by atoms with Crippen molar-refractivity contribution in [3.8, 4) is 0 Å². The summed E-state index contributed by atoms with van der Waals surface area (Å²) in [4.78, 5) is 11.7. The van der Waals surface area contributed by atoms with Crippen molar-refractivity contribution in [3.63, 3.8) is 0 Å². The summed E-state index contributed by atoms with van der Waals surface area (Å²) in [6.45, 7) is 0.750. The molecule has 0 unspecified atom stereocenters. The number of carbonyl (C=O) groups is 1. The third-order valence-corrected chi connectivity index (χ3v) is 2.51. The zero-order chi connectivity index (χ0) is 10.5. The molecule has 0 aliphatic carbocycles. The van der Waals surface area contributed by atoms with Gasteiger partial charge in [-0.2, -0.15) is 0 Å². The number of ether oxygens (including phenoxy) is 1. The van der Waals surface area contributed by atoms with Crippen LogP contribution in [0.2, 0.25) is 0 Å². The van der Waals surface area contributed by atoms with E-state index in [1.54, 1.807) is 12.1 Å². The van der Waals surface area contributed by atoms with Crippen molar-refractivity contribution in [2.75, 3.05) is 6.61 Å². The molecule has 1 saturated heterocycles. The van der Waals surface area contributed by atoms with E-state index in [2.05, 4.69) is 5.32 Å². The van der Waals surface area contributed by atoms with Crippen LogP contribution in [0.5, 0.6) is 0 Å². The zero-order valence-corrected chi connectivity index (χ0v) is 8.61. The Labute approximate surface area is 89.4 Å². The Morgan fingerprint density at radius 3 is 2.73 bits per heavy atom. The van der Waals surface area contributed by atoms with Crippen molar-refractivity contribution in [2.45, 2.75) is 25.5 Å². The molecule has 1 aromatic carbocycles. The Hall–Kier alpha value is -1.35. The molecule has 0 saturated carbocycles. The summed E-state index contributed by atoms with van der Waals surface area (Å²) in [5.41, 5.74) is 0.687. The average Bonchev–Trinajstić information content (AvgIpc) is 2.31. The molecule has 1 aliphatic rings. The highest BCUT2D eigenvalue weighted by atomic mass is 16.5. The lowest BCUT2D eigenvalue weighted by atomic mass is 10.1. The van der Waals surface area contributed by atoms with Gasteiger partial charge in [0.15, 0.2) is 0 Å². The van der Waals surface area contributed by atoms with Crippen molar-refractivity contribution in [3.05, 3.63) is 35.9 Å². The minimum absolute atomic E-state index is 0.0532. The van der Waals surface area contributed by atoms with Gasteiger partial charge < -0.3 is 10.1 Å². The highest BCUT2D eigenvalue weighted by Gasteiger charge is 2.16. The summed E-state index contributed by atoms with van der Waals surface area (Å²) < 4.78 is 5.44. The highest BCUT2D eigenvalue weighted by molar-refractivity contribution is 5.94. The molecule has 15 heavy (non-hydrogen) atoms. The molecule has 0 bridgehead atoms. The molecular weight excluding hydrogens is 190 g/mol. The molecule has 1 N–H and O–H groups in total. The second kappa shape index (κ2) is 4.94. The quantitative estimate of drug-likeness (QED) is 0.801. The topological polar surface area (TPSA) is 38.3 Å². The number of hydrogen-bond donors (Lipinski definition) is 1. The Morgan fingerprint density at radius 1 is 1.27 bits per heavy atom. The molecule has 2 rings (SSSR count). The predicted octanol–water partition coefficient (Wildman–Crippen LogP) is 1.94. The third-order valence-electron chi connectivity index (χ3n) is 2.51. The SMILES string of the molecule is O=C(N[C@H]1CCCCO1)c1ccccc1. The van der Waals surface area contributed by atoms with Crippen molar-refractivity contribution in [2.24, 2.45) is 0 Å². The van der Waals surface area contributed by atoms with Crippen LogP contribution in [-0.4, -0.2) is 18.7 Å². The summed E-state index contributed by atoms with van der Waals surface area (Å²) in [7, 11) is 0. The van der Waals surface area contributed by atoms with Gasteiger partial charge in [-0.25, -0.2) is 0 Å². The van der Waals surface area contributed by atoms with Crippen LogP contribution >= 0.6 is 0 Å². The maximum Gasteiger partial charge on any atom is 0.253 e. The molecule has 1 fully saturated rings. The fraction of sp³-hybridized carbons (Fsp3) is 0.417. The number of benzene rings is 1. The first-order valence-corrected chi connectivity index (χ1v) is 5.34. The lowest BCUT2D eigenvalue weighted by Crippen LogP contribution is -2.38. The van der Waals surface area contributed by atoms with Gasteiger partial charge in [0.05, 0.1) is 0 Å². The molecular formula is C12H15NO2. The van der Waals surface area contributed by atoms with Crippen LogP contribution in [0.3, 0.4) is 0 Å². The highest BCUT2D eigenvalue weighted by Crippen LogP contribution is 2.11. The van der Waals surface area contributed by atoms with Crippen LogP contribution in [0.15, 0.2) is 30.3 Å². The summed E-state index contributed by atoms with van der Waals surface area (Å²) >= 11 is 0. The summed E-state index contributed by atoms with van der Waals surface area (Å²) in [5.74, 6) is -0.0532. The first kappa shape index (κ1) is 10.2. The first-order valence-electron chi connectivity index (χ1n) is 5.34. The Kier molecular flexibility index (Phi) is 3.35. The van der Waals surface area contributed by atoms with Crippen LogP contribution in [0.1, 0.15) is 29.6 Å². The van der Waals surface area contributed by atoms with Gasteiger partial charge in [-0.15, -0.1) is 0 Å². The normalized spacial score (nSPS) is 20.9. The standard InChI is InChI=1S/C12H15NO2/c14-12(10-6-2-1-3-7-10)13-11-8-4-5-9-15-11/h1-3,6-7,11H,4-5,8-9H2,(H,13,14)/t11-/m1/s1. The Morgan fingerprint density at radius 2 is 2.07 bits per heavy atom. The largest absolute Gasteiger partial charge is 0.359 e. The van der Waals surface area contributed by atoms with E-state index in [1.165, 1.54) is 0 Å². The summed E-state index contributed by atoms with van der Waals surface area (Å²) in [5, 5.41) is 2.87. The number of amides is 1. The van der Waals surface area contributed by atoms with E-state index in [0.717, 1.165) is 25.9 Å². The van der Waals surface area contributed by atoms with Gasteiger partial charge >= 0.3 is 0 Å². The predicted molar refractivity (Wildman–Crippen MR) is 57.5 cm³/mol. The average molecular weight is 205 g/mol. The molecule has 0 spiro atoms. The monoisotopic (exact) mass is 205 g/mol. The van der Waals surface area contributed by atoms with Crippen molar-refractivity contribution in [1.29, 1.82) is 0 Å². The second-order valence-electron chi connectivity index (χ2n) is 3.69. The Bertz CT molecular complexity index is 318. The third kappa shape index (κ3) is 2.80. The fourth-order valence-electron chi connectivity index (χ4n) is 1.67. The molecule has 0 aromatic heterocycles. The van der Waals surface area contributed by atoms with Crippen molar-refractivity contribution < 1.29 is 9.53 Å². The van der Waals surface area contributed by atoms with Gasteiger partial charge in [-0.3, -0.25) is 4.79 Å². The van der Waals surface area contributed by atoms with Gasteiger partial charge in [0.25, 0.3) is 5.91 Å². The number of rotatable bonds is 2. The number of nitrogens with one attached hydrogen (secondary N) is 1. The number of carbonyl (C=O) groups excluding carboxylic acids is 1. The van der Waals surface area contributed by atoms with E-state index in [-0.39, 0.29) is 12.1 Å². The summed E-state index contributed by atoms with van der Waals surface area (Å²) in [6, 6.07) is 9.22. The van der Waals surface area contributed by atoms with E-state index in [0.29, 0.717) is 5.56 Å². The molecule has 3 nitrogen and oxygen atoms in total. The van der Waals surface area contributed by atoms with Crippen LogP contribution in [0.4, 0.5) is 0 Å². The second-order valence-corrected chi connectivity index (χ2v) is 3.69. The van der Waals surface area contributed by atoms with E-state index in [9.17, 15) is 4.79 Å². The van der Waals surface area contributed by atoms with E-state index in [1.807, 2.05) is 18.2 Å². The van der Waals surface area contributed by atoms with Gasteiger partial charge in [-0.1, -0.05) is 18.2 Å². The van der Waals surface area contributed by atoms with Gasteiger partial charge in [0.1, 0.15) is 6.23 Å². The van der Waals surface area contributed by atoms with E-state index < -0.39 is 0 Å². The number of hydrogen-bond acceptors (Lipinski definition) is 2. The van der Waals surface area contributed by atoms with Gasteiger partial charge in [0, 0.05) is 12.2 Å². The molecule has 80 valence electrons. The maximum absolute atomic E-state index is 11.7. The summed E-state index contributed by atoms with van der Waals surface area (Å²) in [6.07, 6.45) is 3.03. The first-order chi connectivity index (χ1) is 7.36. The Balaban J connectivity index is 1.91. The molecule has 1 aliphatic heterocycles. The minimum atomic E-state index is -0.105. The molecule has 1 amide bonds. The van der Waals surface area contributed by atoms with Crippen molar-refractivity contribution in [1.82, 2.24) is 5.32 Å². The van der Waals surface area contributed by atoms with Gasteiger partial charge in [0.2, 0.25) is 0 Å². The van der Waals surface area contributed by atoms with E-state index >= 15 is 0 Å². The smallest absolute Gasteiger partial charge is 0.253 e. The minimum Gasteiger partial charge on any atom is -0.359 e. The van der Waals surface area contributed by atoms with Crippen LogP contribution in [0.25, 0.3) is 0 Å². The lowest BCUT2D eigenvalue weighted by molar-refractivity contribution is -0.00265. The lowest BCUT2D eigenvalue weighted by Gasteiger charge is -2.23. The molecule has 0 radical (unpaired) electrons. The van der Waals surface area contributed by atoms with Crippen LogP contribution < -0.4 is 5.32 Å². The molecule has 1 aromatic rings.